The van der Waals surface area contributed by atoms with Crippen molar-refractivity contribution in [1.29, 1.82) is 0 Å². The Labute approximate surface area is 418 Å². The summed E-state index contributed by atoms with van der Waals surface area (Å²) < 4.78 is 0. The van der Waals surface area contributed by atoms with Gasteiger partial charge in [-0.2, -0.15) is 0 Å². The summed E-state index contributed by atoms with van der Waals surface area (Å²) in [6.07, 6.45) is 9.09. The maximum atomic E-state index is 4.76. The van der Waals surface area contributed by atoms with Crippen LogP contribution >= 0.6 is 0 Å². The Morgan fingerprint density at radius 2 is 0.768 bits per heavy atom. The van der Waals surface area contributed by atoms with Crippen LogP contribution in [0.5, 0.6) is 0 Å². The fourth-order valence-electron chi connectivity index (χ4n) is 9.35. The second-order valence-corrected chi connectivity index (χ2v) is 17.2. The van der Waals surface area contributed by atoms with Crippen molar-refractivity contribution >= 4 is 10.8 Å². The van der Waals surface area contributed by atoms with Gasteiger partial charge in [0.15, 0.2) is 0 Å². The van der Waals surface area contributed by atoms with Crippen LogP contribution in [0.4, 0.5) is 0 Å². The Hall–Kier alpha value is -7.88. The Morgan fingerprint density at radius 3 is 1.32 bits per heavy atom. The SMILES string of the molecule is [Ir+3].[c-]1cc(CCc2cc(CCc3c[c-]c(-c4ccccn4)cc3)cc(-c3ccccc3-c3c[c-]c(-c4ccccn4)cc3-c3ccc(-c4ccccc4)c4ccccc34)c2)ccc1-c1ccccn1. The number of nitrogens with zero attached hydrogens (tertiary/aromatic N) is 3. The van der Waals surface area contributed by atoms with E-state index < -0.39 is 0 Å². The first kappa shape index (κ1) is 44.9. The molecule has 330 valence electrons. The fourth-order valence-corrected chi connectivity index (χ4v) is 9.35. The standard InChI is InChI=1S/C65H46N3.Ir/c1-2-14-50(15-3-1)56-37-38-61(59-19-7-6-18-58(56)59)62-45-53(65-22-10-13-41-68-65)35-36-60(62)57-17-5-4-16-55(57)54-43-48(25-23-46-27-31-51(32-28-46)63-20-8-11-39-66-63)42-49(44-54)26-24-47-29-33-52(34-30-47)64-21-9-12-40-67-64;/h1-22,27-31,33,36-45H,23-26H2;/q-3;+3. The summed E-state index contributed by atoms with van der Waals surface area (Å²) in [7, 11) is 0. The Balaban J connectivity index is 0.00000553. The number of rotatable bonds is 13. The van der Waals surface area contributed by atoms with E-state index >= 15 is 0 Å². The van der Waals surface area contributed by atoms with Crippen molar-refractivity contribution < 1.29 is 20.1 Å². The van der Waals surface area contributed by atoms with Gasteiger partial charge in [0.2, 0.25) is 0 Å². The first-order valence-corrected chi connectivity index (χ1v) is 23.3. The smallest absolute Gasteiger partial charge is 0.305 e. The van der Waals surface area contributed by atoms with Gasteiger partial charge in [0, 0.05) is 18.6 Å². The molecule has 11 aromatic rings. The number of aryl methyl sites for hydroxylation is 4. The van der Waals surface area contributed by atoms with Crippen LogP contribution in [0.2, 0.25) is 0 Å². The van der Waals surface area contributed by atoms with Crippen molar-refractivity contribution in [3.63, 3.8) is 0 Å². The molecule has 0 aliphatic carbocycles. The van der Waals surface area contributed by atoms with E-state index in [4.69, 9.17) is 4.98 Å². The third-order valence-corrected chi connectivity index (χ3v) is 12.8. The van der Waals surface area contributed by atoms with Gasteiger partial charge in [0.1, 0.15) is 0 Å². The average molecular weight is 1060 g/mol. The normalized spacial score (nSPS) is 11.0. The molecular formula is C65H46IrN3. The van der Waals surface area contributed by atoms with Crippen molar-refractivity contribution in [2.24, 2.45) is 0 Å². The molecule has 0 bridgehead atoms. The predicted octanol–water partition coefficient (Wildman–Crippen LogP) is 15.7. The summed E-state index contributed by atoms with van der Waals surface area (Å²) in [6.45, 7) is 0. The number of hydrogen-bond donors (Lipinski definition) is 0. The molecule has 0 atom stereocenters. The molecule has 0 aliphatic rings. The number of benzene rings is 8. The summed E-state index contributed by atoms with van der Waals surface area (Å²) >= 11 is 0. The second kappa shape index (κ2) is 21.0. The molecule has 3 aromatic heterocycles. The predicted molar refractivity (Wildman–Crippen MR) is 280 cm³/mol. The molecule has 4 heteroatoms. The van der Waals surface area contributed by atoms with Crippen LogP contribution in [0, 0.1) is 18.2 Å². The monoisotopic (exact) mass is 1060 g/mol. The Bertz CT molecular complexity index is 3360. The van der Waals surface area contributed by atoms with E-state index in [1.54, 1.807) is 0 Å². The van der Waals surface area contributed by atoms with Crippen molar-refractivity contribution in [1.82, 2.24) is 15.0 Å². The van der Waals surface area contributed by atoms with Crippen molar-refractivity contribution in [3.8, 4) is 78.3 Å². The molecule has 69 heavy (non-hydrogen) atoms. The van der Waals surface area contributed by atoms with Crippen LogP contribution in [0.1, 0.15) is 22.3 Å². The van der Waals surface area contributed by atoms with Crippen LogP contribution in [-0.4, -0.2) is 15.0 Å². The molecule has 8 aromatic carbocycles. The van der Waals surface area contributed by atoms with Gasteiger partial charge in [-0.25, -0.2) is 0 Å². The summed E-state index contributed by atoms with van der Waals surface area (Å²) in [4.78, 5) is 13.8. The van der Waals surface area contributed by atoms with Crippen LogP contribution in [0.3, 0.4) is 0 Å². The molecule has 0 N–H and O–H groups in total. The quantitative estimate of drug-likeness (QED) is 0.108. The number of hydrogen-bond acceptors (Lipinski definition) is 3. The maximum absolute atomic E-state index is 4.76. The molecule has 3 heterocycles. The van der Waals surface area contributed by atoms with E-state index in [1.165, 1.54) is 60.8 Å². The maximum Gasteiger partial charge on any atom is 3.00 e. The van der Waals surface area contributed by atoms with Crippen LogP contribution < -0.4 is 0 Å². The molecule has 0 aliphatic heterocycles. The first-order chi connectivity index (χ1) is 33.7. The van der Waals surface area contributed by atoms with Gasteiger partial charge in [-0.05, 0) is 97.8 Å². The second-order valence-electron chi connectivity index (χ2n) is 17.2. The zero-order valence-electron chi connectivity index (χ0n) is 37.9. The van der Waals surface area contributed by atoms with Gasteiger partial charge < -0.3 is 15.0 Å². The van der Waals surface area contributed by atoms with E-state index in [0.29, 0.717) is 0 Å². The summed E-state index contributed by atoms with van der Waals surface area (Å²) in [5, 5.41) is 2.42. The molecule has 0 amide bonds. The van der Waals surface area contributed by atoms with Crippen LogP contribution in [0.25, 0.3) is 89.1 Å². The molecule has 0 saturated carbocycles. The van der Waals surface area contributed by atoms with Gasteiger partial charge in [-0.15, -0.1) is 94.5 Å². The molecule has 0 spiro atoms. The molecular weight excluding hydrogens is 1010 g/mol. The minimum atomic E-state index is 0. The summed E-state index contributed by atoms with van der Waals surface area (Å²) in [5.74, 6) is 0. The minimum absolute atomic E-state index is 0. The Kier molecular flexibility index (Phi) is 13.6. The average Bonchev–Trinajstić information content (AvgIpc) is 3.42. The number of fused-ring (bicyclic) bond motifs is 1. The third kappa shape index (κ3) is 10.1. The van der Waals surface area contributed by atoms with Gasteiger partial charge in [0.05, 0.1) is 0 Å². The van der Waals surface area contributed by atoms with Crippen molar-refractivity contribution in [2.45, 2.75) is 25.7 Å². The molecule has 0 unspecified atom stereocenters. The van der Waals surface area contributed by atoms with Crippen molar-refractivity contribution in [3.05, 3.63) is 271 Å². The molecule has 0 saturated heterocycles. The van der Waals surface area contributed by atoms with Crippen molar-refractivity contribution in [2.75, 3.05) is 0 Å². The first-order valence-electron chi connectivity index (χ1n) is 23.3. The Morgan fingerprint density at radius 1 is 0.290 bits per heavy atom. The van der Waals surface area contributed by atoms with Gasteiger partial charge >= 0.3 is 20.1 Å². The largest absolute Gasteiger partial charge is 3.00 e. The topological polar surface area (TPSA) is 38.7 Å². The van der Waals surface area contributed by atoms with Gasteiger partial charge in [-0.1, -0.05) is 175 Å². The van der Waals surface area contributed by atoms with E-state index in [2.05, 4.69) is 192 Å². The van der Waals surface area contributed by atoms with Crippen LogP contribution in [0.15, 0.2) is 231 Å². The van der Waals surface area contributed by atoms with E-state index in [1.807, 2.05) is 67.1 Å². The summed E-state index contributed by atoms with van der Waals surface area (Å²) in [6, 6.07) is 86.3. The van der Waals surface area contributed by atoms with Crippen LogP contribution in [-0.2, 0) is 45.8 Å². The molecule has 0 fully saturated rings. The number of pyridine rings is 3. The molecule has 3 nitrogen and oxygen atoms in total. The van der Waals surface area contributed by atoms with E-state index in [-0.39, 0.29) is 20.1 Å². The third-order valence-electron chi connectivity index (χ3n) is 12.8. The number of aromatic nitrogens is 3. The zero-order valence-corrected chi connectivity index (χ0v) is 40.3. The molecule has 0 radical (unpaired) electrons. The van der Waals surface area contributed by atoms with Gasteiger partial charge in [-0.3, -0.25) is 0 Å². The minimum Gasteiger partial charge on any atom is -0.305 e. The zero-order chi connectivity index (χ0) is 45.5. The van der Waals surface area contributed by atoms with Gasteiger partial charge in [0.25, 0.3) is 0 Å². The molecule has 11 rings (SSSR count). The van der Waals surface area contributed by atoms with E-state index in [9.17, 15) is 0 Å². The summed E-state index contributed by atoms with van der Waals surface area (Å²) in [5.41, 5.74) is 20.2. The fraction of sp³-hybridized carbons (Fsp3) is 0.0615. The van der Waals surface area contributed by atoms with E-state index in [0.717, 1.165) is 76.1 Å².